The van der Waals surface area contributed by atoms with Crippen molar-refractivity contribution >= 4 is 11.9 Å². The highest BCUT2D eigenvalue weighted by atomic mass is 16.5. The molecule has 0 aromatic heterocycles. The molecule has 1 aliphatic heterocycles. The summed E-state index contributed by atoms with van der Waals surface area (Å²) >= 11 is 0. The first-order valence-electron chi connectivity index (χ1n) is 4.51. The molecular weight excluding hydrogens is 204 g/mol. The van der Waals surface area contributed by atoms with Crippen molar-refractivity contribution in [1.29, 1.82) is 0 Å². The van der Waals surface area contributed by atoms with Gasteiger partial charge in [-0.2, -0.15) is 0 Å². The van der Waals surface area contributed by atoms with Crippen molar-refractivity contribution in [3.8, 4) is 0 Å². The lowest BCUT2D eigenvalue weighted by Crippen LogP contribution is -2.58. The van der Waals surface area contributed by atoms with Crippen LogP contribution in [-0.2, 0) is 14.3 Å². The van der Waals surface area contributed by atoms with E-state index in [4.69, 9.17) is 20.7 Å². The van der Waals surface area contributed by atoms with Gasteiger partial charge in [-0.05, 0) is 6.42 Å². The largest absolute Gasteiger partial charge is 0.480 e. The minimum absolute atomic E-state index is 0.0661. The first kappa shape index (κ1) is 11.9. The Labute approximate surface area is 86.2 Å². The number of amides is 1. The van der Waals surface area contributed by atoms with Gasteiger partial charge in [0.25, 0.3) is 0 Å². The van der Waals surface area contributed by atoms with Crippen LogP contribution in [0, 0.1) is 0 Å². The summed E-state index contributed by atoms with van der Waals surface area (Å²) in [5, 5.41) is 19.5. The Hall–Kier alpha value is -1.18. The maximum Gasteiger partial charge on any atom is 0.328 e. The Morgan fingerprint density at radius 1 is 1.60 bits per heavy atom. The standard InChI is InChI=1S/C8H14N2O5/c9-8(1-2-15-4-8)7(14)10-5(3-11)6(12)13/h5,11H,1-4,9H2,(H,10,14)(H,12,13). The molecule has 2 unspecified atom stereocenters. The molecule has 86 valence electrons. The fourth-order valence-electron chi connectivity index (χ4n) is 1.25. The Bertz CT molecular complexity index is 262. The van der Waals surface area contributed by atoms with Crippen LogP contribution in [0.2, 0.25) is 0 Å². The van der Waals surface area contributed by atoms with E-state index < -0.39 is 30.1 Å². The molecule has 2 atom stereocenters. The van der Waals surface area contributed by atoms with E-state index in [1.54, 1.807) is 0 Å². The molecule has 0 aromatic carbocycles. The van der Waals surface area contributed by atoms with Gasteiger partial charge in [-0.15, -0.1) is 0 Å². The summed E-state index contributed by atoms with van der Waals surface area (Å²) in [5.41, 5.74) is 4.52. The highest BCUT2D eigenvalue weighted by Gasteiger charge is 2.39. The Morgan fingerprint density at radius 3 is 2.67 bits per heavy atom. The molecule has 0 aliphatic carbocycles. The van der Waals surface area contributed by atoms with E-state index in [2.05, 4.69) is 5.32 Å². The molecule has 1 amide bonds. The van der Waals surface area contributed by atoms with Crippen LogP contribution in [-0.4, -0.2) is 53.5 Å². The zero-order chi connectivity index (χ0) is 11.5. The van der Waals surface area contributed by atoms with E-state index in [-0.39, 0.29) is 6.61 Å². The summed E-state index contributed by atoms with van der Waals surface area (Å²) < 4.78 is 4.96. The van der Waals surface area contributed by atoms with Crippen molar-refractivity contribution in [1.82, 2.24) is 5.32 Å². The highest BCUT2D eigenvalue weighted by molar-refractivity contribution is 5.90. The molecule has 1 aliphatic rings. The molecule has 0 radical (unpaired) electrons. The molecule has 0 bridgehead atoms. The lowest BCUT2D eigenvalue weighted by Gasteiger charge is -2.22. The van der Waals surface area contributed by atoms with Gasteiger partial charge in [0.1, 0.15) is 11.6 Å². The topological polar surface area (TPSA) is 122 Å². The zero-order valence-electron chi connectivity index (χ0n) is 8.10. The summed E-state index contributed by atoms with van der Waals surface area (Å²) in [6, 6.07) is -1.32. The van der Waals surface area contributed by atoms with E-state index in [1.807, 2.05) is 0 Å². The number of hydrogen-bond donors (Lipinski definition) is 4. The van der Waals surface area contributed by atoms with E-state index >= 15 is 0 Å². The summed E-state index contributed by atoms with van der Waals surface area (Å²) in [5.74, 6) is -1.91. The molecule has 5 N–H and O–H groups in total. The monoisotopic (exact) mass is 218 g/mol. The molecule has 0 saturated carbocycles. The van der Waals surface area contributed by atoms with Crippen LogP contribution in [0.3, 0.4) is 0 Å². The third-order valence-electron chi connectivity index (χ3n) is 2.29. The number of hydrogen-bond acceptors (Lipinski definition) is 5. The molecule has 0 spiro atoms. The predicted octanol–water partition coefficient (Wildman–Crippen LogP) is -2.33. The Kier molecular flexibility index (Phi) is 3.61. The van der Waals surface area contributed by atoms with Gasteiger partial charge in [-0.1, -0.05) is 0 Å². The number of aliphatic carboxylic acids is 1. The molecule has 0 aromatic rings. The third kappa shape index (κ3) is 2.65. The average molecular weight is 218 g/mol. The lowest BCUT2D eigenvalue weighted by molar-refractivity contribution is -0.143. The predicted molar refractivity (Wildman–Crippen MR) is 49.0 cm³/mol. The summed E-state index contributed by atoms with van der Waals surface area (Å²) in [6.07, 6.45) is 0.344. The third-order valence-corrected chi connectivity index (χ3v) is 2.29. The molecule has 1 rings (SSSR count). The van der Waals surface area contributed by atoms with Crippen molar-refractivity contribution in [2.24, 2.45) is 5.73 Å². The van der Waals surface area contributed by atoms with Gasteiger partial charge in [0.2, 0.25) is 5.91 Å². The Balaban J connectivity index is 2.57. The molecule has 1 saturated heterocycles. The zero-order valence-corrected chi connectivity index (χ0v) is 8.10. The van der Waals surface area contributed by atoms with Crippen LogP contribution in [0.25, 0.3) is 0 Å². The van der Waals surface area contributed by atoms with Gasteiger partial charge in [0, 0.05) is 6.61 Å². The van der Waals surface area contributed by atoms with Gasteiger partial charge in [-0.3, -0.25) is 4.79 Å². The van der Waals surface area contributed by atoms with Crippen LogP contribution in [0.1, 0.15) is 6.42 Å². The van der Waals surface area contributed by atoms with Crippen LogP contribution >= 0.6 is 0 Å². The second kappa shape index (κ2) is 4.56. The quantitative estimate of drug-likeness (QED) is 0.419. The summed E-state index contributed by atoms with van der Waals surface area (Å²) in [4.78, 5) is 22.1. The Morgan fingerprint density at radius 2 is 2.27 bits per heavy atom. The van der Waals surface area contributed by atoms with Crippen LogP contribution in [0.15, 0.2) is 0 Å². The first-order valence-corrected chi connectivity index (χ1v) is 4.51. The van der Waals surface area contributed by atoms with Gasteiger partial charge in [-0.25, -0.2) is 4.79 Å². The second-order valence-electron chi connectivity index (χ2n) is 3.51. The smallest absolute Gasteiger partial charge is 0.328 e. The van der Waals surface area contributed by atoms with Crippen LogP contribution in [0.4, 0.5) is 0 Å². The molecule has 15 heavy (non-hydrogen) atoms. The molecule has 7 heteroatoms. The number of nitrogens with two attached hydrogens (primary N) is 1. The number of carboxylic acids is 1. The highest BCUT2D eigenvalue weighted by Crippen LogP contribution is 2.15. The molecular formula is C8H14N2O5. The number of carboxylic acid groups (broad SMARTS) is 1. The van der Waals surface area contributed by atoms with E-state index in [0.29, 0.717) is 13.0 Å². The second-order valence-corrected chi connectivity index (χ2v) is 3.51. The maximum absolute atomic E-state index is 11.6. The van der Waals surface area contributed by atoms with E-state index in [0.717, 1.165) is 0 Å². The number of aliphatic hydroxyl groups is 1. The summed E-state index contributed by atoms with van der Waals surface area (Å²) in [7, 11) is 0. The summed E-state index contributed by atoms with van der Waals surface area (Å²) in [6.45, 7) is -0.227. The lowest BCUT2D eigenvalue weighted by atomic mass is 9.99. The van der Waals surface area contributed by atoms with Gasteiger partial charge >= 0.3 is 5.97 Å². The van der Waals surface area contributed by atoms with Crippen LogP contribution < -0.4 is 11.1 Å². The number of carbonyl (C=O) groups is 2. The fraction of sp³-hybridized carbons (Fsp3) is 0.750. The SMILES string of the molecule is NC1(C(=O)NC(CO)C(=O)O)CCOC1. The number of ether oxygens (including phenoxy) is 1. The molecule has 1 fully saturated rings. The number of aliphatic hydroxyl groups excluding tert-OH is 1. The van der Waals surface area contributed by atoms with Crippen molar-refractivity contribution in [2.75, 3.05) is 19.8 Å². The molecule has 7 nitrogen and oxygen atoms in total. The first-order chi connectivity index (χ1) is 6.99. The van der Waals surface area contributed by atoms with E-state index in [1.165, 1.54) is 0 Å². The van der Waals surface area contributed by atoms with Gasteiger partial charge in [0.05, 0.1) is 13.2 Å². The van der Waals surface area contributed by atoms with Crippen molar-refractivity contribution < 1.29 is 24.5 Å². The van der Waals surface area contributed by atoms with Gasteiger partial charge < -0.3 is 26.0 Å². The van der Waals surface area contributed by atoms with Crippen molar-refractivity contribution in [2.45, 2.75) is 18.0 Å². The van der Waals surface area contributed by atoms with Gasteiger partial charge in [0.15, 0.2) is 0 Å². The number of nitrogens with one attached hydrogen (secondary N) is 1. The minimum atomic E-state index is -1.32. The minimum Gasteiger partial charge on any atom is -0.480 e. The van der Waals surface area contributed by atoms with E-state index in [9.17, 15) is 9.59 Å². The number of carbonyl (C=O) groups excluding carboxylic acids is 1. The fourth-order valence-corrected chi connectivity index (χ4v) is 1.25. The normalized spacial score (nSPS) is 27.3. The number of rotatable bonds is 4. The van der Waals surface area contributed by atoms with Crippen LogP contribution in [0.5, 0.6) is 0 Å². The van der Waals surface area contributed by atoms with Crippen molar-refractivity contribution in [3.63, 3.8) is 0 Å². The average Bonchev–Trinajstić information content (AvgIpc) is 2.61. The van der Waals surface area contributed by atoms with Crippen molar-refractivity contribution in [3.05, 3.63) is 0 Å². The molecule has 1 heterocycles. The maximum atomic E-state index is 11.6.